The largest absolute Gasteiger partial charge is 0.497 e. The second-order valence-electron chi connectivity index (χ2n) is 7.92. The van der Waals surface area contributed by atoms with Crippen molar-refractivity contribution in [3.8, 4) is 5.75 Å². The minimum Gasteiger partial charge on any atom is -0.497 e. The Kier molecular flexibility index (Phi) is 4.59. The Morgan fingerprint density at radius 2 is 2.24 bits per heavy atom. The number of methoxy groups -OCH3 is 1. The monoisotopic (exact) mass is 343 g/mol. The number of hydrogen-bond donors (Lipinski definition) is 2. The molecule has 5 heteroatoms. The average molecular weight is 343 g/mol. The third-order valence-electron chi connectivity index (χ3n) is 6.37. The minimum absolute atomic E-state index is 0.269. The molecular formula is C20H29N3O2. The summed E-state index contributed by atoms with van der Waals surface area (Å²) in [6.07, 6.45) is 4.56. The van der Waals surface area contributed by atoms with Crippen molar-refractivity contribution >= 4 is 11.6 Å². The molecule has 0 bridgehead atoms. The first-order valence-corrected chi connectivity index (χ1v) is 9.58. The van der Waals surface area contributed by atoms with Crippen molar-refractivity contribution in [3.05, 3.63) is 24.3 Å². The summed E-state index contributed by atoms with van der Waals surface area (Å²) < 4.78 is 5.32. The number of nitrogens with one attached hydrogen (secondary N) is 2. The summed E-state index contributed by atoms with van der Waals surface area (Å²) in [5.74, 6) is 2.00. The summed E-state index contributed by atoms with van der Waals surface area (Å²) in [6, 6.07) is 8.24. The summed E-state index contributed by atoms with van der Waals surface area (Å²) in [7, 11) is 1.70. The molecule has 4 rings (SSSR count). The van der Waals surface area contributed by atoms with Crippen molar-refractivity contribution in [1.29, 1.82) is 0 Å². The molecule has 2 heterocycles. The molecule has 2 N–H and O–H groups in total. The highest BCUT2D eigenvalue weighted by atomic mass is 16.5. The van der Waals surface area contributed by atoms with E-state index in [4.69, 9.17) is 4.74 Å². The highest BCUT2D eigenvalue weighted by Crippen LogP contribution is 2.58. The van der Waals surface area contributed by atoms with Crippen LogP contribution in [0.15, 0.2) is 24.3 Å². The van der Waals surface area contributed by atoms with E-state index in [0.717, 1.165) is 64.2 Å². The van der Waals surface area contributed by atoms with Crippen LogP contribution in [-0.2, 0) is 4.79 Å². The van der Waals surface area contributed by atoms with Gasteiger partial charge in [-0.15, -0.1) is 0 Å². The molecule has 0 aromatic heterocycles. The van der Waals surface area contributed by atoms with Gasteiger partial charge in [-0.1, -0.05) is 6.07 Å². The van der Waals surface area contributed by atoms with Gasteiger partial charge in [0, 0.05) is 37.3 Å². The molecular weight excluding hydrogens is 314 g/mol. The molecule has 1 saturated carbocycles. The smallest absolute Gasteiger partial charge is 0.223 e. The maximum atomic E-state index is 12.5. The molecule has 2 saturated heterocycles. The van der Waals surface area contributed by atoms with Gasteiger partial charge in [0.15, 0.2) is 0 Å². The standard InChI is InChI=1S/C20H29N3O2/c1-25-17-4-2-3-16(11-17)23-10-5-15(14-23)13-22-19(24)18-12-20(18)6-8-21-9-7-20/h2-4,11,15,18,21H,5-10,12-14H2,1H3,(H,22,24). The predicted molar refractivity (Wildman–Crippen MR) is 99.0 cm³/mol. The van der Waals surface area contributed by atoms with Crippen LogP contribution >= 0.6 is 0 Å². The quantitative estimate of drug-likeness (QED) is 0.859. The number of hydrogen-bond acceptors (Lipinski definition) is 4. The van der Waals surface area contributed by atoms with Gasteiger partial charge in [-0.3, -0.25) is 4.79 Å². The van der Waals surface area contributed by atoms with Gasteiger partial charge in [0.1, 0.15) is 5.75 Å². The molecule has 2 atom stereocenters. The van der Waals surface area contributed by atoms with Gasteiger partial charge in [0.05, 0.1) is 7.11 Å². The lowest BCUT2D eigenvalue weighted by Gasteiger charge is -2.23. The number of carbonyl (C=O) groups is 1. The first-order chi connectivity index (χ1) is 12.2. The van der Waals surface area contributed by atoms with Gasteiger partial charge in [0.25, 0.3) is 0 Å². The highest BCUT2D eigenvalue weighted by Gasteiger charge is 2.57. The van der Waals surface area contributed by atoms with Crippen LogP contribution in [0, 0.1) is 17.3 Å². The number of anilines is 1. The van der Waals surface area contributed by atoms with Gasteiger partial charge in [-0.2, -0.15) is 0 Å². The molecule has 2 aliphatic heterocycles. The second-order valence-corrected chi connectivity index (χ2v) is 7.92. The lowest BCUT2D eigenvalue weighted by molar-refractivity contribution is -0.123. The summed E-state index contributed by atoms with van der Waals surface area (Å²) in [4.78, 5) is 14.9. The van der Waals surface area contributed by atoms with Crippen molar-refractivity contribution in [1.82, 2.24) is 10.6 Å². The van der Waals surface area contributed by atoms with Crippen LogP contribution in [0.2, 0.25) is 0 Å². The number of rotatable bonds is 5. The summed E-state index contributed by atoms with van der Waals surface area (Å²) in [5, 5.41) is 6.64. The summed E-state index contributed by atoms with van der Waals surface area (Å²) in [5.41, 5.74) is 1.54. The molecule has 5 nitrogen and oxygen atoms in total. The van der Waals surface area contributed by atoms with Crippen LogP contribution in [0.5, 0.6) is 5.75 Å². The first kappa shape index (κ1) is 16.7. The van der Waals surface area contributed by atoms with Crippen molar-refractivity contribution in [2.45, 2.75) is 25.7 Å². The Hall–Kier alpha value is -1.75. The number of amides is 1. The van der Waals surface area contributed by atoms with E-state index < -0.39 is 0 Å². The van der Waals surface area contributed by atoms with E-state index in [0.29, 0.717) is 17.2 Å². The van der Waals surface area contributed by atoms with Gasteiger partial charge < -0.3 is 20.3 Å². The van der Waals surface area contributed by atoms with E-state index in [9.17, 15) is 4.79 Å². The second kappa shape index (κ2) is 6.87. The van der Waals surface area contributed by atoms with Crippen LogP contribution in [0.25, 0.3) is 0 Å². The van der Waals surface area contributed by atoms with Crippen molar-refractivity contribution in [3.63, 3.8) is 0 Å². The van der Waals surface area contributed by atoms with E-state index in [2.05, 4.69) is 27.7 Å². The molecule has 1 aromatic rings. The number of benzene rings is 1. The van der Waals surface area contributed by atoms with Crippen LogP contribution in [0.1, 0.15) is 25.7 Å². The van der Waals surface area contributed by atoms with Crippen LogP contribution < -0.4 is 20.3 Å². The third kappa shape index (κ3) is 3.47. The Balaban J connectivity index is 1.25. The molecule has 136 valence electrons. The third-order valence-corrected chi connectivity index (χ3v) is 6.37. The van der Waals surface area contributed by atoms with E-state index >= 15 is 0 Å². The van der Waals surface area contributed by atoms with Gasteiger partial charge in [0.2, 0.25) is 5.91 Å². The topological polar surface area (TPSA) is 53.6 Å². The molecule has 2 unspecified atom stereocenters. The van der Waals surface area contributed by atoms with Crippen LogP contribution in [0.4, 0.5) is 5.69 Å². The fraction of sp³-hybridized carbons (Fsp3) is 0.650. The van der Waals surface area contributed by atoms with Gasteiger partial charge in [-0.25, -0.2) is 0 Å². The maximum Gasteiger partial charge on any atom is 0.223 e. The van der Waals surface area contributed by atoms with Gasteiger partial charge >= 0.3 is 0 Å². The SMILES string of the molecule is COc1cccc(N2CCC(CNC(=O)C3CC34CCNCC4)C2)c1. The zero-order chi connectivity index (χ0) is 17.3. The number of piperidine rings is 1. The minimum atomic E-state index is 0.269. The summed E-state index contributed by atoms with van der Waals surface area (Å²) >= 11 is 0. The fourth-order valence-electron chi connectivity index (χ4n) is 4.60. The van der Waals surface area contributed by atoms with Crippen molar-refractivity contribution in [2.75, 3.05) is 44.7 Å². The lowest BCUT2D eigenvalue weighted by atomic mass is 9.91. The first-order valence-electron chi connectivity index (χ1n) is 9.58. The molecule has 0 radical (unpaired) electrons. The zero-order valence-corrected chi connectivity index (χ0v) is 15.1. The van der Waals surface area contributed by atoms with Crippen molar-refractivity contribution in [2.24, 2.45) is 17.3 Å². The lowest BCUT2D eigenvalue weighted by Crippen LogP contribution is -2.36. The molecule has 25 heavy (non-hydrogen) atoms. The van der Waals surface area contributed by atoms with Crippen molar-refractivity contribution < 1.29 is 9.53 Å². The Morgan fingerprint density at radius 3 is 3.04 bits per heavy atom. The van der Waals surface area contributed by atoms with Gasteiger partial charge in [-0.05, 0) is 62.2 Å². The molecule has 1 amide bonds. The summed E-state index contributed by atoms with van der Waals surface area (Å²) in [6.45, 7) is 5.01. The Bertz CT molecular complexity index is 627. The normalized spacial score (nSPS) is 27.3. The van der Waals surface area contributed by atoms with Crippen LogP contribution in [0.3, 0.4) is 0 Å². The van der Waals surface area contributed by atoms with E-state index in [-0.39, 0.29) is 5.92 Å². The van der Waals surface area contributed by atoms with E-state index in [1.54, 1.807) is 7.11 Å². The maximum absolute atomic E-state index is 12.5. The molecule has 1 spiro atoms. The average Bonchev–Trinajstić information content (AvgIpc) is 3.13. The van der Waals surface area contributed by atoms with E-state index in [1.807, 2.05) is 12.1 Å². The molecule has 3 aliphatic rings. The Morgan fingerprint density at radius 1 is 1.40 bits per heavy atom. The molecule has 3 fully saturated rings. The number of ether oxygens (including phenoxy) is 1. The predicted octanol–water partition coefficient (Wildman–Crippen LogP) is 2.03. The Labute approximate surface area is 150 Å². The number of nitrogens with zero attached hydrogens (tertiary/aromatic N) is 1. The molecule has 1 aromatic carbocycles. The number of carbonyl (C=O) groups excluding carboxylic acids is 1. The van der Waals surface area contributed by atoms with Crippen LogP contribution in [-0.4, -0.2) is 45.7 Å². The highest BCUT2D eigenvalue weighted by molar-refractivity contribution is 5.82. The molecule has 1 aliphatic carbocycles. The fourth-order valence-corrected chi connectivity index (χ4v) is 4.60. The zero-order valence-electron chi connectivity index (χ0n) is 15.1. The van der Waals surface area contributed by atoms with E-state index in [1.165, 1.54) is 5.69 Å².